The van der Waals surface area contributed by atoms with Gasteiger partial charge in [0.1, 0.15) is 24.7 Å². The number of benzene rings is 2. The van der Waals surface area contributed by atoms with Gasteiger partial charge in [-0.15, -0.1) is 0 Å². The van der Waals surface area contributed by atoms with Gasteiger partial charge in [-0.2, -0.15) is 13.2 Å². The number of imidazole rings is 2. The van der Waals surface area contributed by atoms with Gasteiger partial charge in [0.2, 0.25) is 17.6 Å². The van der Waals surface area contributed by atoms with Gasteiger partial charge in [-0.05, 0) is 24.3 Å². The number of H-pyrrole nitrogens is 1. The number of aromatic nitrogens is 6. The van der Waals surface area contributed by atoms with E-state index in [-0.39, 0.29) is 17.6 Å². The fraction of sp³-hybridized carbons (Fsp3) is 0.258. The number of carbonyl (C=O) groups excluding carboxylic acids is 1. The van der Waals surface area contributed by atoms with Crippen molar-refractivity contribution in [1.82, 2.24) is 39.3 Å². The molecule has 14 heteroatoms. The van der Waals surface area contributed by atoms with Gasteiger partial charge in [0, 0.05) is 31.6 Å². The van der Waals surface area contributed by atoms with Gasteiger partial charge >= 0.3 is 6.18 Å². The number of methoxy groups -OCH3 is 1. The summed E-state index contributed by atoms with van der Waals surface area (Å²) in [6.07, 6.45) is -0.185. The molecular weight excluding hydrogens is 589 g/mol. The van der Waals surface area contributed by atoms with E-state index in [0.29, 0.717) is 42.6 Å². The molecule has 1 saturated heterocycles. The molecule has 1 atom stereocenters. The fourth-order valence-corrected chi connectivity index (χ4v) is 5.83. The van der Waals surface area contributed by atoms with Crippen molar-refractivity contribution < 1.29 is 27.1 Å². The summed E-state index contributed by atoms with van der Waals surface area (Å²) in [6, 6.07) is 15.3. The molecule has 0 bridgehead atoms. The van der Waals surface area contributed by atoms with Crippen molar-refractivity contribution in [2.75, 3.05) is 26.7 Å². The molecule has 0 radical (unpaired) electrons. The summed E-state index contributed by atoms with van der Waals surface area (Å²) < 4.78 is 53.7. The number of alkyl halides is 3. The molecule has 4 aromatic heterocycles. The maximum Gasteiger partial charge on any atom is 0.449 e. The first-order chi connectivity index (χ1) is 21.8. The highest BCUT2D eigenvalue weighted by Gasteiger charge is 2.40. The van der Waals surface area contributed by atoms with Gasteiger partial charge in [0.15, 0.2) is 6.39 Å². The number of ether oxygens (including phenoxy) is 1. The molecular formula is C31H27F3N8O3. The van der Waals surface area contributed by atoms with Crippen LogP contribution >= 0.6 is 0 Å². The standard InChI is InChI=1S/C31H27F3N8O3/c1-44-29-21(12-19-6-2-3-7-22(19)38-29)24-13-35-28(37-24)26-15-40(14-20-17-45-18-36-20)10-11-41(26)27(43)16-42-25-9-5-4-8-23(25)39-30(42)31(32,33)34/h2-9,12-13,17-18,26H,10-11,14-16H2,1H3,(H,35,37). The van der Waals surface area contributed by atoms with Crippen molar-refractivity contribution in [2.45, 2.75) is 25.3 Å². The predicted octanol–water partition coefficient (Wildman–Crippen LogP) is 5.08. The number of fused-ring (bicyclic) bond motifs is 2. The maximum atomic E-state index is 14.0. The van der Waals surface area contributed by atoms with E-state index in [4.69, 9.17) is 9.15 Å². The van der Waals surface area contributed by atoms with Crippen LogP contribution in [0.2, 0.25) is 0 Å². The molecule has 7 rings (SSSR count). The van der Waals surface area contributed by atoms with E-state index >= 15 is 0 Å². The number of nitrogens with zero attached hydrogens (tertiary/aromatic N) is 7. The average Bonchev–Trinajstić information content (AvgIpc) is 3.81. The number of rotatable bonds is 7. The Labute approximate surface area is 254 Å². The second-order valence-electron chi connectivity index (χ2n) is 10.7. The number of hydrogen-bond acceptors (Lipinski definition) is 8. The van der Waals surface area contributed by atoms with E-state index in [0.717, 1.165) is 21.2 Å². The van der Waals surface area contributed by atoms with Crippen molar-refractivity contribution in [3.63, 3.8) is 0 Å². The lowest BCUT2D eigenvalue weighted by atomic mass is 10.1. The molecule has 1 aliphatic rings. The lowest BCUT2D eigenvalue weighted by Crippen LogP contribution is -2.51. The molecule has 5 heterocycles. The second-order valence-corrected chi connectivity index (χ2v) is 10.7. The summed E-state index contributed by atoms with van der Waals surface area (Å²) in [5.41, 5.74) is 3.20. The molecule has 0 saturated carbocycles. The molecule has 45 heavy (non-hydrogen) atoms. The zero-order valence-corrected chi connectivity index (χ0v) is 24.0. The SMILES string of the molecule is COc1nc2ccccc2cc1-c1cnc(C2CN(Cc3cocn3)CCN2C(=O)Cn2c(C(F)(F)F)nc3ccccc32)[nH]1. The first-order valence-electron chi connectivity index (χ1n) is 14.2. The molecule has 1 aliphatic heterocycles. The highest BCUT2D eigenvalue weighted by molar-refractivity contribution is 5.85. The van der Waals surface area contributed by atoms with Crippen LogP contribution in [0.15, 0.2) is 77.9 Å². The Hall–Kier alpha value is -5.24. The van der Waals surface area contributed by atoms with Crippen molar-refractivity contribution in [3.05, 3.63) is 90.8 Å². The van der Waals surface area contributed by atoms with Crippen molar-refractivity contribution >= 4 is 27.8 Å². The van der Waals surface area contributed by atoms with Crippen LogP contribution in [0.5, 0.6) is 5.88 Å². The number of pyridine rings is 1. The molecule has 11 nitrogen and oxygen atoms in total. The average molecular weight is 617 g/mol. The van der Waals surface area contributed by atoms with Crippen LogP contribution in [0.3, 0.4) is 0 Å². The number of piperazine rings is 1. The summed E-state index contributed by atoms with van der Waals surface area (Å²) in [5, 5.41) is 0.908. The van der Waals surface area contributed by atoms with Gasteiger partial charge in [-0.25, -0.2) is 19.9 Å². The quantitative estimate of drug-likeness (QED) is 0.264. The van der Waals surface area contributed by atoms with E-state index in [9.17, 15) is 18.0 Å². The van der Waals surface area contributed by atoms with Crippen molar-refractivity contribution in [2.24, 2.45) is 0 Å². The third kappa shape index (κ3) is 5.48. The molecule has 1 amide bonds. The number of carbonyl (C=O) groups is 1. The summed E-state index contributed by atoms with van der Waals surface area (Å²) in [7, 11) is 1.54. The van der Waals surface area contributed by atoms with Crippen molar-refractivity contribution in [1.29, 1.82) is 0 Å². The maximum absolute atomic E-state index is 14.0. The molecule has 2 aromatic carbocycles. The van der Waals surface area contributed by atoms with Gasteiger partial charge < -0.3 is 23.6 Å². The minimum atomic E-state index is -4.74. The Bertz CT molecular complexity index is 1990. The van der Waals surface area contributed by atoms with Gasteiger partial charge in [-0.1, -0.05) is 30.3 Å². The van der Waals surface area contributed by atoms with E-state index in [1.54, 1.807) is 29.5 Å². The molecule has 6 aromatic rings. The molecule has 0 spiro atoms. The summed E-state index contributed by atoms with van der Waals surface area (Å²) >= 11 is 0. The first kappa shape index (κ1) is 28.5. The first-order valence-corrected chi connectivity index (χ1v) is 14.2. The fourth-order valence-electron chi connectivity index (χ4n) is 5.83. The Kier molecular flexibility index (Phi) is 7.20. The Morgan fingerprint density at radius 1 is 1.07 bits per heavy atom. The Morgan fingerprint density at radius 2 is 1.87 bits per heavy atom. The molecule has 230 valence electrons. The summed E-state index contributed by atoms with van der Waals surface area (Å²) in [5.74, 6) is -0.725. The van der Waals surface area contributed by atoms with Crippen LogP contribution in [-0.4, -0.2) is 71.9 Å². The lowest BCUT2D eigenvalue weighted by Gasteiger charge is -2.40. The number of oxazole rings is 1. The largest absolute Gasteiger partial charge is 0.480 e. The van der Waals surface area contributed by atoms with Crippen LogP contribution in [0.1, 0.15) is 23.4 Å². The van der Waals surface area contributed by atoms with Gasteiger partial charge in [0.25, 0.3) is 0 Å². The number of para-hydroxylation sites is 3. The zero-order valence-electron chi connectivity index (χ0n) is 24.0. The summed E-state index contributed by atoms with van der Waals surface area (Å²) in [4.78, 5) is 38.2. The van der Waals surface area contributed by atoms with E-state index in [2.05, 4.69) is 29.8 Å². The molecule has 1 N–H and O–H groups in total. The van der Waals surface area contributed by atoms with Gasteiger partial charge in [0.05, 0.1) is 46.8 Å². The number of amides is 1. The normalized spacial score (nSPS) is 16.1. The number of hydrogen-bond donors (Lipinski definition) is 1. The Morgan fingerprint density at radius 3 is 2.64 bits per heavy atom. The summed E-state index contributed by atoms with van der Waals surface area (Å²) in [6.45, 7) is 1.02. The van der Waals surface area contributed by atoms with E-state index < -0.39 is 30.5 Å². The molecule has 1 fully saturated rings. The Balaban J connectivity index is 1.23. The number of halogens is 3. The lowest BCUT2D eigenvalue weighted by molar-refractivity contribution is -0.148. The monoisotopic (exact) mass is 616 g/mol. The minimum Gasteiger partial charge on any atom is -0.480 e. The third-order valence-electron chi connectivity index (χ3n) is 7.94. The van der Waals surface area contributed by atoms with Crippen LogP contribution in [0.25, 0.3) is 33.2 Å². The topological polar surface area (TPSA) is 118 Å². The highest BCUT2D eigenvalue weighted by Crippen LogP contribution is 2.34. The smallest absolute Gasteiger partial charge is 0.449 e. The molecule has 0 aliphatic carbocycles. The minimum absolute atomic E-state index is 0.167. The highest BCUT2D eigenvalue weighted by atomic mass is 19.4. The van der Waals surface area contributed by atoms with Crippen molar-refractivity contribution in [3.8, 4) is 17.1 Å². The number of aromatic amines is 1. The predicted molar refractivity (Wildman–Crippen MR) is 157 cm³/mol. The third-order valence-corrected chi connectivity index (χ3v) is 7.94. The number of nitrogens with one attached hydrogen (secondary N) is 1. The van der Waals surface area contributed by atoms with Crippen LogP contribution in [-0.2, 0) is 24.1 Å². The zero-order chi connectivity index (χ0) is 31.1. The van der Waals surface area contributed by atoms with Crippen LogP contribution in [0, 0.1) is 0 Å². The van der Waals surface area contributed by atoms with Crippen LogP contribution < -0.4 is 4.74 Å². The second kappa shape index (κ2) is 11.4. The van der Waals surface area contributed by atoms with Gasteiger partial charge in [-0.3, -0.25) is 9.69 Å². The van der Waals surface area contributed by atoms with Crippen LogP contribution in [0.4, 0.5) is 13.2 Å². The van der Waals surface area contributed by atoms with E-state index in [1.807, 2.05) is 30.3 Å². The van der Waals surface area contributed by atoms with E-state index in [1.165, 1.54) is 25.6 Å². The molecule has 1 unspecified atom stereocenters.